The van der Waals surface area contributed by atoms with Gasteiger partial charge in [-0.2, -0.15) is 4.39 Å². The van der Waals surface area contributed by atoms with Gasteiger partial charge in [0.15, 0.2) is 11.6 Å². The van der Waals surface area contributed by atoms with Crippen molar-refractivity contribution in [1.82, 2.24) is 0 Å². The van der Waals surface area contributed by atoms with Crippen molar-refractivity contribution in [3.63, 3.8) is 0 Å². The smallest absolute Gasteiger partial charge is 0.201 e. The average Bonchev–Trinajstić information content (AvgIpc) is 2.81. The van der Waals surface area contributed by atoms with Crippen LogP contribution < -0.4 is 4.74 Å². The van der Waals surface area contributed by atoms with E-state index in [-0.39, 0.29) is 22.8 Å². The summed E-state index contributed by atoms with van der Waals surface area (Å²) in [5, 5.41) is 0. The number of rotatable bonds is 11. The van der Waals surface area contributed by atoms with E-state index >= 15 is 0 Å². The Balaban J connectivity index is 1.61. The molecule has 0 aromatic heterocycles. The number of hydrogen-bond acceptors (Lipinski definition) is 2. The van der Waals surface area contributed by atoms with Crippen molar-refractivity contribution in [2.75, 3.05) is 13.2 Å². The summed E-state index contributed by atoms with van der Waals surface area (Å²) < 4.78 is 55.0. The summed E-state index contributed by atoms with van der Waals surface area (Å²) in [6, 6.07) is 7.50. The molecule has 0 amide bonds. The van der Waals surface area contributed by atoms with Crippen LogP contribution in [-0.2, 0) is 4.74 Å². The normalized spacial score (nSPS) is 18.7. The van der Waals surface area contributed by atoms with E-state index < -0.39 is 17.5 Å². The maximum Gasteiger partial charge on any atom is 0.201 e. The maximum absolute atomic E-state index is 14.9. The Kier molecular flexibility index (Phi) is 9.46. The van der Waals surface area contributed by atoms with Gasteiger partial charge < -0.3 is 9.47 Å². The minimum Gasteiger partial charge on any atom is -0.490 e. The molecule has 2 atom stereocenters. The molecule has 0 aliphatic carbocycles. The van der Waals surface area contributed by atoms with Gasteiger partial charge in [0.1, 0.15) is 5.82 Å². The van der Waals surface area contributed by atoms with Crippen molar-refractivity contribution in [2.24, 2.45) is 0 Å². The van der Waals surface area contributed by atoms with Crippen LogP contribution in [0.3, 0.4) is 0 Å². The predicted molar refractivity (Wildman–Crippen MR) is 123 cm³/mol. The second-order valence-electron chi connectivity index (χ2n) is 8.76. The molecule has 2 unspecified atom stereocenters. The third-order valence-electron chi connectivity index (χ3n) is 6.26. The first kappa shape index (κ1) is 24.6. The van der Waals surface area contributed by atoms with E-state index in [4.69, 9.17) is 9.47 Å². The van der Waals surface area contributed by atoms with E-state index in [1.54, 1.807) is 6.07 Å². The summed E-state index contributed by atoms with van der Waals surface area (Å²) in [5.41, 5.74) is 0.795. The van der Waals surface area contributed by atoms with Gasteiger partial charge in [-0.1, -0.05) is 58.1 Å². The molecule has 0 spiro atoms. The summed E-state index contributed by atoms with van der Waals surface area (Å²) in [7, 11) is 0. The van der Waals surface area contributed by atoms with Crippen molar-refractivity contribution >= 4 is 0 Å². The lowest BCUT2D eigenvalue weighted by molar-refractivity contribution is -0.00217. The quantitative estimate of drug-likeness (QED) is 0.323. The third kappa shape index (κ3) is 6.28. The van der Waals surface area contributed by atoms with Gasteiger partial charge in [0.05, 0.1) is 19.3 Å². The Hall–Kier alpha value is -2.01. The fourth-order valence-corrected chi connectivity index (χ4v) is 4.34. The van der Waals surface area contributed by atoms with E-state index in [0.717, 1.165) is 24.8 Å². The van der Waals surface area contributed by atoms with Crippen LogP contribution in [0.2, 0.25) is 0 Å². The Morgan fingerprint density at radius 3 is 2.34 bits per heavy atom. The van der Waals surface area contributed by atoms with Crippen LogP contribution in [0.5, 0.6) is 5.75 Å². The lowest BCUT2D eigenvalue weighted by atomic mass is 9.89. The lowest BCUT2D eigenvalue weighted by Crippen LogP contribution is -2.24. The lowest BCUT2D eigenvalue weighted by Gasteiger charge is -2.29. The van der Waals surface area contributed by atoms with E-state index in [0.29, 0.717) is 25.7 Å². The SMILES string of the molecule is CCCCCCCC1CCC(c2ccc(-c3ccc(OCCC)c(F)c3F)c(F)c2)CO1. The zero-order chi connectivity index (χ0) is 22.9. The van der Waals surface area contributed by atoms with Crippen LogP contribution in [0.4, 0.5) is 13.2 Å². The average molecular weight is 449 g/mol. The van der Waals surface area contributed by atoms with E-state index in [9.17, 15) is 13.2 Å². The van der Waals surface area contributed by atoms with Gasteiger partial charge in [-0.05, 0) is 49.4 Å². The first-order valence-corrected chi connectivity index (χ1v) is 12.1. The molecule has 1 saturated heterocycles. The van der Waals surface area contributed by atoms with Crippen LogP contribution in [0.1, 0.15) is 83.1 Å². The van der Waals surface area contributed by atoms with E-state index in [2.05, 4.69) is 6.92 Å². The molecular formula is C27H35F3O2. The number of halogens is 3. The van der Waals surface area contributed by atoms with Gasteiger partial charge in [-0.3, -0.25) is 0 Å². The van der Waals surface area contributed by atoms with E-state index in [1.165, 1.54) is 56.4 Å². The zero-order valence-corrected chi connectivity index (χ0v) is 19.3. The number of benzene rings is 2. The first-order chi connectivity index (χ1) is 15.5. The van der Waals surface area contributed by atoms with Crippen molar-refractivity contribution < 1.29 is 22.6 Å². The fourth-order valence-electron chi connectivity index (χ4n) is 4.34. The van der Waals surface area contributed by atoms with Crippen LogP contribution in [-0.4, -0.2) is 19.3 Å². The summed E-state index contributed by atoms with van der Waals surface area (Å²) in [4.78, 5) is 0. The van der Waals surface area contributed by atoms with Crippen molar-refractivity contribution in [1.29, 1.82) is 0 Å². The maximum atomic E-state index is 14.9. The molecule has 0 N–H and O–H groups in total. The third-order valence-corrected chi connectivity index (χ3v) is 6.26. The minimum absolute atomic E-state index is 0.0499. The Labute approximate surface area is 190 Å². The monoisotopic (exact) mass is 448 g/mol. The summed E-state index contributed by atoms with van der Waals surface area (Å²) in [6.45, 7) is 4.96. The van der Waals surface area contributed by atoms with Gasteiger partial charge >= 0.3 is 0 Å². The molecule has 0 radical (unpaired) electrons. The topological polar surface area (TPSA) is 18.5 Å². The fraction of sp³-hybridized carbons (Fsp3) is 0.556. The summed E-state index contributed by atoms with van der Waals surface area (Å²) in [5.74, 6) is -2.75. The standard InChI is InChI=1S/C27H35F3O2/c1-3-5-6-7-8-9-21-12-10-20(18-32-21)19-11-13-22(24(28)17-19)23-14-15-25(31-16-4-2)27(30)26(23)29/h11,13-15,17,20-21H,3-10,12,16,18H2,1-2H3. The Morgan fingerprint density at radius 1 is 0.875 bits per heavy atom. The molecule has 2 nitrogen and oxygen atoms in total. The molecule has 1 aliphatic heterocycles. The molecule has 1 fully saturated rings. The van der Waals surface area contributed by atoms with Crippen LogP contribution >= 0.6 is 0 Å². The van der Waals surface area contributed by atoms with Gasteiger partial charge in [-0.15, -0.1) is 0 Å². The number of hydrogen-bond donors (Lipinski definition) is 0. The predicted octanol–water partition coefficient (Wildman–Crippen LogP) is 8.18. The second-order valence-corrected chi connectivity index (χ2v) is 8.76. The van der Waals surface area contributed by atoms with Gasteiger partial charge in [0.25, 0.3) is 0 Å². The molecule has 2 aromatic carbocycles. The molecule has 1 heterocycles. The highest BCUT2D eigenvalue weighted by atomic mass is 19.2. The van der Waals surface area contributed by atoms with E-state index in [1.807, 2.05) is 6.92 Å². The van der Waals surface area contributed by atoms with Gasteiger partial charge in [-0.25, -0.2) is 8.78 Å². The summed E-state index contributed by atoms with van der Waals surface area (Å²) in [6.07, 6.45) is 10.3. The number of ether oxygens (including phenoxy) is 2. The molecule has 2 aromatic rings. The minimum atomic E-state index is -1.09. The molecule has 5 heteroatoms. The highest BCUT2D eigenvalue weighted by molar-refractivity contribution is 5.66. The van der Waals surface area contributed by atoms with Gasteiger partial charge in [0, 0.05) is 17.0 Å². The van der Waals surface area contributed by atoms with Crippen LogP contribution in [0, 0.1) is 17.5 Å². The molecule has 1 aliphatic rings. The van der Waals surface area contributed by atoms with Crippen LogP contribution in [0.15, 0.2) is 30.3 Å². The Morgan fingerprint density at radius 2 is 1.66 bits per heavy atom. The summed E-state index contributed by atoms with van der Waals surface area (Å²) >= 11 is 0. The molecule has 3 rings (SSSR count). The first-order valence-electron chi connectivity index (χ1n) is 12.1. The van der Waals surface area contributed by atoms with Crippen molar-refractivity contribution in [3.8, 4) is 16.9 Å². The van der Waals surface area contributed by atoms with Crippen molar-refractivity contribution in [3.05, 3.63) is 53.3 Å². The second kappa shape index (κ2) is 12.3. The molecule has 0 saturated carbocycles. The Bertz CT molecular complexity index is 860. The largest absolute Gasteiger partial charge is 0.490 e. The highest BCUT2D eigenvalue weighted by Gasteiger charge is 2.24. The molecule has 32 heavy (non-hydrogen) atoms. The number of unbranched alkanes of at least 4 members (excludes halogenated alkanes) is 4. The van der Waals surface area contributed by atoms with Gasteiger partial charge in [0.2, 0.25) is 5.82 Å². The highest BCUT2D eigenvalue weighted by Crippen LogP contribution is 2.35. The molecule has 0 bridgehead atoms. The van der Waals surface area contributed by atoms with Crippen LogP contribution in [0.25, 0.3) is 11.1 Å². The molecular weight excluding hydrogens is 413 g/mol. The molecule has 176 valence electrons. The van der Waals surface area contributed by atoms with Crippen molar-refractivity contribution in [2.45, 2.75) is 83.7 Å². The zero-order valence-electron chi connectivity index (χ0n) is 19.3.